The van der Waals surface area contributed by atoms with Crippen molar-refractivity contribution < 1.29 is 4.74 Å². The lowest BCUT2D eigenvalue weighted by Crippen LogP contribution is -2.02. The average molecular weight is 302 g/mol. The molecule has 0 bridgehead atoms. The van der Waals surface area contributed by atoms with Gasteiger partial charge in [0.25, 0.3) is 0 Å². The van der Waals surface area contributed by atoms with E-state index in [4.69, 9.17) is 10.00 Å². The second-order valence-corrected chi connectivity index (χ2v) is 4.87. The topological polar surface area (TPSA) is 33.0 Å². The molecule has 0 saturated carbocycles. The van der Waals surface area contributed by atoms with Crippen molar-refractivity contribution in [2.45, 2.75) is 13.0 Å². The maximum absolute atomic E-state index is 8.91. The van der Waals surface area contributed by atoms with E-state index in [1.807, 2.05) is 43.3 Å². The van der Waals surface area contributed by atoms with E-state index >= 15 is 0 Å². The number of rotatable bonds is 3. The molecular formula is C15H12BrNO. The summed E-state index contributed by atoms with van der Waals surface area (Å²) >= 11 is 3.37. The summed E-state index contributed by atoms with van der Waals surface area (Å²) < 4.78 is 6.69. The molecule has 0 aliphatic rings. The Morgan fingerprint density at radius 3 is 2.56 bits per heavy atom. The van der Waals surface area contributed by atoms with Crippen molar-refractivity contribution in [2.75, 3.05) is 0 Å². The zero-order valence-corrected chi connectivity index (χ0v) is 11.5. The lowest BCUT2D eigenvalue weighted by Gasteiger charge is -2.15. The van der Waals surface area contributed by atoms with Crippen molar-refractivity contribution in [3.63, 3.8) is 0 Å². The Hall–Kier alpha value is -1.79. The Bertz CT molecular complexity index is 575. The van der Waals surface area contributed by atoms with Crippen LogP contribution in [0.25, 0.3) is 0 Å². The fourth-order valence-corrected chi connectivity index (χ4v) is 2.16. The first-order valence-electron chi connectivity index (χ1n) is 5.61. The fraction of sp³-hybridized carbons (Fsp3) is 0.133. The van der Waals surface area contributed by atoms with Gasteiger partial charge in [0.2, 0.25) is 0 Å². The van der Waals surface area contributed by atoms with Gasteiger partial charge in [0.1, 0.15) is 11.9 Å². The number of benzene rings is 2. The van der Waals surface area contributed by atoms with Crippen LogP contribution in [0.3, 0.4) is 0 Å². The van der Waals surface area contributed by atoms with E-state index in [-0.39, 0.29) is 6.10 Å². The predicted octanol–water partition coefficient (Wildman–Crippen LogP) is 4.46. The van der Waals surface area contributed by atoms with Crippen molar-refractivity contribution in [1.29, 1.82) is 5.26 Å². The number of nitriles is 1. The number of ether oxygens (including phenoxy) is 1. The third kappa shape index (κ3) is 3.12. The minimum Gasteiger partial charge on any atom is -0.486 e. The molecule has 2 aromatic carbocycles. The van der Waals surface area contributed by atoms with Gasteiger partial charge in [0, 0.05) is 4.47 Å². The molecule has 2 aromatic rings. The van der Waals surface area contributed by atoms with E-state index in [0.29, 0.717) is 11.3 Å². The van der Waals surface area contributed by atoms with Crippen molar-refractivity contribution in [1.82, 2.24) is 0 Å². The summed E-state index contributed by atoms with van der Waals surface area (Å²) in [5.41, 5.74) is 1.69. The quantitative estimate of drug-likeness (QED) is 0.838. The largest absolute Gasteiger partial charge is 0.486 e. The van der Waals surface area contributed by atoms with E-state index in [2.05, 4.69) is 22.0 Å². The Balaban J connectivity index is 2.20. The van der Waals surface area contributed by atoms with E-state index < -0.39 is 0 Å². The summed E-state index contributed by atoms with van der Waals surface area (Å²) in [5, 5.41) is 8.91. The molecule has 3 heteroatoms. The smallest absolute Gasteiger partial charge is 0.122 e. The second kappa shape index (κ2) is 5.70. The number of halogens is 1. The number of nitrogens with zero attached hydrogens (tertiary/aromatic N) is 1. The highest BCUT2D eigenvalue weighted by molar-refractivity contribution is 9.10. The molecule has 0 N–H and O–H groups in total. The molecule has 18 heavy (non-hydrogen) atoms. The normalized spacial score (nSPS) is 11.6. The fourth-order valence-electron chi connectivity index (χ4n) is 1.69. The molecule has 0 heterocycles. The highest BCUT2D eigenvalue weighted by Crippen LogP contribution is 2.26. The number of hydrogen-bond donors (Lipinski definition) is 0. The molecule has 1 atom stereocenters. The first kappa shape index (κ1) is 12.7. The average Bonchev–Trinajstić information content (AvgIpc) is 2.39. The molecule has 0 spiro atoms. The van der Waals surface area contributed by atoms with Gasteiger partial charge < -0.3 is 4.74 Å². The van der Waals surface area contributed by atoms with Crippen LogP contribution in [0, 0.1) is 11.3 Å². The molecule has 0 amide bonds. The van der Waals surface area contributed by atoms with E-state index in [9.17, 15) is 0 Å². The molecule has 0 aliphatic carbocycles. The molecule has 2 rings (SSSR count). The van der Waals surface area contributed by atoms with Crippen LogP contribution >= 0.6 is 15.9 Å². The summed E-state index contributed by atoms with van der Waals surface area (Å²) in [6.45, 7) is 1.99. The van der Waals surface area contributed by atoms with Crippen LogP contribution in [0.15, 0.2) is 53.0 Å². The standard InChI is InChI=1S/C15H12BrNO/c1-11(13-5-3-2-4-6-13)18-15-8-12(10-17)7-14(16)9-15/h2-9,11H,1H3. The van der Waals surface area contributed by atoms with Crippen molar-refractivity contribution in [3.8, 4) is 11.8 Å². The predicted molar refractivity (Wildman–Crippen MR) is 74.3 cm³/mol. The molecule has 0 aliphatic heterocycles. The maximum Gasteiger partial charge on any atom is 0.122 e. The van der Waals surface area contributed by atoms with E-state index in [0.717, 1.165) is 10.0 Å². The first-order chi connectivity index (χ1) is 8.69. The zero-order chi connectivity index (χ0) is 13.0. The van der Waals surface area contributed by atoms with Gasteiger partial charge >= 0.3 is 0 Å². The third-order valence-electron chi connectivity index (χ3n) is 2.58. The summed E-state index contributed by atoms with van der Waals surface area (Å²) in [6.07, 6.45) is -0.0490. The molecular weight excluding hydrogens is 290 g/mol. The van der Waals surface area contributed by atoms with Crippen molar-refractivity contribution >= 4 is 15.9 Å². The van der Waals surface area contributed by atoms with Crippen LogP contribution in [-0.4, -0.2) is 0 Å². The van der Waals surface area contributed by atoms with Crippen LogP contribution < -0.4 is 4.74 Å². The zero-order valence-electron chi connectivity index (χ0n) is 9.93. The minimum atomic E-state index is -0.0490. The minimum absolute atomic E-state index is 0.0490. The molecule has 0 saturated heterocycles. The van der Waals surface area contributed by atoms with E-state index in [1.54, 1.807) is 12.1 Å². The van der Waals surface area contributed by atoms with Gasteiger partial charge in [-0.15, -0.1) is 0 Å². The van der Waals surface area contributed by atoms with Crippen LogP contribution in [-0.2, 0) is 0 Å². The summed E-state index contributed by atoms with van der Waals surface area (Å²) in [5.74, 6) is 0.692. The van der Waals surface area contributed by atoms with Crippen LogP contribution in [0.4, 0.5) is 0 Å². The van der Waals surface area contributed by atoms with Gasteiger partial charge in [-0.05, 0) is 30.7 Å². The van der Waals surface area contributed by atoms with Crippen LogP contribution in [0.1, 0.15) is 24.2 Å². The van der Waals surface area contributed by atoms with Gasteiger partial charge in [-0.2, -0.15) is 5.26 Å². The molecule has 0 aromatic heterocycles. The van der Waals surface area contributed by atoms with Gasteiger partial charge in [0.05, 0.1) is 11.6 Å². The number of hydrogen-bond acceptors (Lipinski definition) is 2. The van der Waals surface area contributed by atoms with Gasteiger partial charge in [-0.3, -0.25) is 0 Å². The lowest BCUT2D eigenvalue weighted by molar-refractivity contribution is 0.227. The highest BCUT2D eigenvalue weighted by atomic mass is 79.9. The Morgan fingerprint density at radius 1 is 1.17 bits per heavy atom. The monoisotopic (exact) mass is 301 g/mol. The van der Waals surface area contributed by atoms with Crippen LogP contribution in [0.5, 0.6) is 5.75 Å². The third-order valence-corrected chi connectivity index (χ3v) is 3.04. The second-order valence-electron chi connectivity index (χ2n) is 3.96. The Morgan fingerprint density at radius 2 is 1.89 bits per heavy atom. The van der Waals surface area contributed by atoms with Crippen molar-refractivity contribution in [2.24, 2.45) is 0 Å². The molecule has 90 valence electrons. The molecule has 2 nitrogen and oxygen atoms in total. The maximum atomic E-state index is 8.91. The lowest BCUT2D eigenvalue weighted by atomic mass is 10.1. The molecule has 1 unspecified atom stereocenters. The SMILES string of the molecule is CC(Oc1cc(Br)cc(C#N)c1)c1ccccc1. The summed E-state index contributed by atoms with van der Waals surface area (Å²) in [7, 11) is 0. The molecule has 0 fully saturated rings. The summed E-state index contributed by atoms with van der Waals surface area (Å²) in [6, 6.07) is 17.5. The Labute approximate surface area is 115 Å². The van der Waals surface area contributed by atoms with Crippen molar-refractivity contribution in [3.05, 3.63) is 64.1 Å². The van der Waals surface area contributed by atoms with E-state index in [1.165, 1.54) is 0 Å². The Kier molecular flexibility index (Phi) is 4.01. The first-order valence-corrected chi connectivity index (χ1v) is 6.40. The summed E-state index contributed by atoms with van der Waals surface area (Å²) in [4.78, 5) is 0. The molecule has 0 radical (unpaired) electrons. The highest BCUT2D eigenvalue weighted by Gasteiger charge is 2.08. The van der Waals surface area contributed by atoms with Crippen LogP contribution in [0.2, 0.25) is 0 Å². The van der Waals surface area contributed by atoms with Gasteiger partial charge in [0.15, 0.2) is 0 Å². The van der Waals surface area contributed by atoms with Gasteiger partial charge in [-0.1, -0.05) is 46.3 Å². The van der Waals surface area contributed by atoms with Gasteiger partial charge in [-0.25, -0.2) is 0 Å².